The van der Waals surface area contributed by atoms with E-state index in [-0.39, 0.29) is 0 Å². The highest BCUT2D eigenvalue weighted by Crippen LogP contribution is 2.37. The minimum Gasteiger partial charge on any atom is -0.378 e. The highest BCUT2D eigenvalue weighted by Gasteiger charge is 2.18. The first-order valence-corrected chi connectivity index (χ1v) is 9.29. The largest absolute Gasteiger partial charge is 0.378 e. The topological polar surface area (TPSA) is 9.23 Å². The number of hydrogen-bond donors (Lipinski definition) is 0. The first kappa shape index (κ1) is 16.0. The van der Waals surface area contributed by atoms with E-state index in [1.54, 1.807) is 0 Å². The van der Waals surface area contributed by atoms with Gasteiger partial charge in [-0.05, 0) is 62.3 Å². The highest BCUT2D eigenvalue weighted by atomic mass is 79.9. The van der Waals surface area contributed by atoms with E-state index in [9.17, 15) is 0 Å². The zero-order chi connectivity index (χ0) is 13.8. The van der Waals surface area contributed by atoms with Crippen LogP contribution in [0.4, 0.5) is 0 Å². The van der Waals surface area contributed by atoms with Crippen LogP contribution in [0.15, 0.2) is 21.1 Å². The van der Waals surface area contributed by atoms with Gasteiger partial charge in [0.2, 0.25) is 0 Å². The average molecular weight is 455 g/mol. The van der Waals surface area contributed by atoms with Gasteiger partial charge in [0.05, 0.1) is 6.10 Å². The third-order valence-electron chi connectivity index (χ3n) is 3.63. The van der Waals surface area contributed by atoms with Crippen molar-refractivity contribution in [3.05, 3.63) is 32.2 Å². The zero-order valence-corrected chi connectivity index (χ0v) is 15.9. The number of aryl methyl sites for hydroxylation is 1. The predicted molar refractivity (Wildman–Crippen MR) is 91.1 cm³/mol. The fraction of sp³-hybridized carbons (Fsp3) is 0.600. The quantitative estimate of drug-likeness (QED) is 0.484. The highest BCUT2D eigenvalue weighted by molar-refractivity contribution is 9.11. The van der Waals surface area contributed by atoms with E-state index >= 15 is 0 Å². The molecule has 1 aliphatic rings. The molecule has 0 saturated carbocycles. The normalized spacial score (nSPS) is 21.4. The number of benzene rings is 1. The summed E-state index contributed by atoms with van der Waals surface area (Å²) in [5.74, 6) is 0. The first-order valence-electron chi connectivity index (χ1n) is 6.79. The molecule has 0 N–H and O–H groups in total. The smallest absolute Gasteiger partial charge is 0.0575 e. The molecule has 1 aromatic rings. The third-order valence-corrected chi connectivity index (χ3v) is 6.12. The van der Waals surface area contributed by atoms with Gasteiger partial charge in [-0.15, -0.1) is 0 Å². The number of hydrogen-bond acceptors (Lipinski definition) is 1. The van der Waals surface area contributed by atoms with Gasteiger partial charge in [-0.3, -0.25) is 0 Å². The van der Waals surface area contributed by atoms with Crippen molar-refractivity contribution in [3.63, 3.8) is 0 Å². The Kier molecular flexibility index (Phi) is 6.38. The Labute approximate surface area is 140 Å². The lowest BCUT2D eigenvalue weighted by Crippen LogP contribution is -2.19. The summed E-state index contributed by atoms with van der Waals surface area (Å²) >= 11 is 11.1. The minimum atomic E-state index is 0.379. The van der Waals surface area contributed by atoms with Crippen LogP contribution in [0.25, 0.3) is 0 Å². The van der Waals surface area contributed by atoms with Crippen LogP contribution in [0.5, 0.6) is 0 Å². The van der Waals surface area contributed by atoms with E-state index in [2.05, 4.69) is 66.8 Å². The van der Waals surface area contributed by atoms with Crippen molar-refractivity contribution in [1.82, 2.24) is 0 Å². The maximum Gasteiger partial charge on any atom is 0.0575 e. The summed E-state index contributed by atoms with van der Waals surface area (Å²) in [5.41, 5.74) is 2.57. The minimum absolute atomic E-state index is 0.379. The lowest BCUT2D eigenvalue weighted by Gasteiger charge is -2.24. The fourth-order valence-corrected chi connectivity index (χ4v) is 4.47. The van der Waals surface area contributed by atoms with Crippen LogP contribution in [-0.4, -0.2) is 12.7 Å². The summed E-state index contributed by atoms with van der Waals surface area (Å²) in [5, 5.41) is 0. The Bertz CT molecular complexity index is 428. The number of halogens is 3. The molecule has 0 spiro atoms. The number of alkyl halides is 1. The first-order chi connectivity index (χ1) is 9.08. The van der Waals surface area contributed by atoms with E-state index in [1.165, 1.54) is 39.3 Å². The van der Waals surface area contributed by atoms with Crippen LogP contribution >= 0.6 is 47.8 Å². The fourth-order valence-electron chi connectivity index (χ4n) is 2.42. The summed E-state index contributed by atoms with van der Waals surface area (Å²) in [6, 6.07) is 4.38. The van der Waals surface area contributed by atoms with Crippen LogP contribution in [0.1, 0.15) is 48.1 Å². The molecule has 2 atom stereocenters. The molecule has 1 nitrogen and oxygen atoms in total. The number of ether oxygens (including phenoxy) is 1. The molecule has 0 aliphatic carbocycles. The van der Waals surface area contributed by atoms with Crippen LogP contribution in [0, 0.1) is 6.92 Å². The lowest BCUT2D eigenvalue weighted by atomic mass is 10.0. The summed E-state index contributed by atoms with van der Waals surface area (Å²) in [6.45, 7) is 3.05. The van der Waals surface area contributed by atoms with Gasteiger partial charge in [-0.2, -0.15) is 0 Å². The van der Waals surface area contributed by atoms with Gasteiger partial charge in [0.1, 0.15) is 0 Å². The molecular formula is C15H19Br3O. The van der Waals surface area contributed by atoms with Crippen molar-refractivity contribution in [2.75, 3.05) is 6.61 Å². The van der Waals surface area contributed by atoms with Gasteiger partial charge in [0.25, 0.3) is 0 Å². The molecule has 0 aromatic heterocycles. The molecule has 19 heavy (non-hydrogen) atoms. The van der Waals surface area contributed by atoms with E-state index < -0.39 is 0 Å². The van der Waals surface area contributed by atoms with Gasteiger partial charge in [-0.1, -0.05) is 47.8 Å². The summed E-state index contributed by atoms with van der Waals surface area (Å²) in [6.07, 6.45) is 6.47. The molecule has 1 aliphatic heterocycles. The molecule has 2 unspecified atom stereocenters. The van der Waals surface area contributed by atoms with Crippen LogP contribution < -0.4 is 0 Å². The second-order valence-electron chi connectivity index (χ2n) is 5.16. The summed E-state index contributed by atoms with van der Waals surface area (Å²) in [4.78, 5) is 0.379. The lowest BCUT2D eigenvalue weighted by molar-refractivity contribution is 0.0101. The van der Waals surface area contributed by atoms with Crippen molar-refractivity contribution in [2.24, 2.45) is 0 Å². The predicted octanol–water partition coefficient (Wildman–Crippen LogP) is 6.31. The molecule has 1 fully saturated rings. The van der Waals surface area contributed by atoms with E-state index in [0.29, 0.717) is 10.9 Å². The second kappa shape index (κ2) is 7.58. The molecule has 1 aromatic carbocycles. The van der Waals surface area contributed by atoms with Crippen molar-refractivity contribution in [3.8, 4) is 0 Å². The standard InChI is InChI=1S/C15H19Br3O/c1-10-8-15(18)12(9-14(10)17)13(16)6-5-11-4-2-3-7-19-11/h8-9,11,13H,2-7H2,1H3. The average Bonchev–Trinajstić information content (AvgIpc) is 2.41. The zero-order valence-electron chi connectivity index (χ0n) is 11.1. The molecule has 1 saturated heterocycles. The van der Waals surface area contributed by atoms with Gasteiger partial charge in [0, 0.05) is 20.4 Å². The number of rotatable bonds is 4. The second-order valence-corrected chi connectivity index (χ2v) is 7.97. The van der Waals surface area contributed by atoms with Crippen molar-refractivity contribution < 1.29 is 4.74 Å². The van der Waals surface area contributed by atoms with E-state index in [0.717, 1.165) is 19.4 Å². The van der Waals surface area contributed by atoms with Crippen molar-refractivity contribution >= 4 is 47.8 Å². The molecule has 2 rings (SSSR count). The SMILES string of the molecule is Cc1cc(Br)c(C(Br)CCC2CCCCO2)cc1Br. The molecule has 1 heterocycles. The Morgan fingerprint density at radius 3 is 2.74 bits per heavy atom. The van der Waals surface area contributed by atoms with Gasteiger partial charge < -0.3 is 4.74 Å². The summed E-state index contributed by atoms with van der Waals surface area (Å²) < 4.78 is 8.15. The van der Waals surface area contributed by atoms with E-state index in [1.807, 2.05) is 0 Å². The maximum atomic E-state index is 5.80. The van der Waals surface area contributed by atoms with Gasteiger partial charge >= 0.3 is 0 Å². The maximum absolute atomic E-state index is 5.80. The van der Waals surface area contributed by atoms with Gasteiger partial charge in [-0.25, -0.2) is 0 Å². The van der Waals surface area contributed by atoms with E-state index in [4.69, 9.17) is 4.74 Å². The Balaban J connectivity index is 1.95. The molecule has 0 bridgehead atoms. The van der Waals surface area contributed by atoms with Gasteiger partial charge in [0.15, 0.2) is 0 Å². The Morgan fingerprint density at radius 1 is 1.26 bits per heavy atom. The third kappa shape index (κ3) is 4.55. The molecule has 0 radical (unpaired) electrons. The van der Waals surface area contributed by atoms with Crippen LogP contribution in [0.2, 0.25) is 0 Å². The molecule has 106 valence electrons. The summed E-state index contributed by atoms with van der Waals surface area (Å²) in [7, 11) is 0. The van der Waals surface area contributed by atoms with Crippen LogP contribution in [0.3, 0.4) is 0 Å². The Hall–Kier alpha value is 0.620. The Morgan fingerprint density at radius 2 is 2.05 bits per heavy atom. The monoisotopic (exact) mass is 452 g/mol. The van der Waals surface area contributed by atoms with Crippen molar-refractivity contribution in [2.45, 2.75) is 50.0 Å². The molecular weight excluding hydrogens is 436 g/mol. The van der Waals surface area contributed by atoms with Crippen LogP contribution in [-0.2, 0) is 4.74 Å². The van der Waals surface area contributed by atoms with Crippen molar-refractivity contribution in [1.29, 1.82) is 0 Å². The molecule has 4 heteroatoms. The molecule has 0 amide bonds.